The van der Waals surface area contributed by atoms with Gasteiger partial charge in [-0.05, 0) is 0 Å². The number of halogens is 4. The Kier molecular flexibility index (Phi) is 2.00. The third-order valence-electron chi connectivity index (χ3n) is 0.816. The fourth-order valence-electron chi connectivity index (χ4n) is 0.405. The molecule has 0 aromatic heterocycles. The normalized spacial score (nSPS) is 26.0. The molecule has 0 aliphatic carbocycles. The van der Waals surface area contributed by atoms with Crippen molar-refractivity contribution in [3.8, 4) is 0 Å². The van der Waals surface area contributed by atoms with Gasteiger partial charge in [0.25, 0.3) is 0 Å². The number of hydrazone groups is 1. The van der Waals surface area contributed by atoms with Gasteiger partial charge in [-0.2, -0.15) is 18.3 Å². The third kappa shape index (κ3) is 1.69. The van der Waals surface area contributed by atoms with Crippen LogP contribution in [-0.4, -0.2) is 21.6 Å². The first-order valence-electron chi connectivity index (χ1n) is 2.23. The lowest BCUT2D eigenvalue weighted by molar-refractivity contribution is -0.115. The van der Waals surface area contributed by atoms with Gasteiger partial charge >= 0.3 is 6.18 Å². The Hall–Kier alpha value is -0.100. The van der Waals surface area contributed by atoms with E-state index in [-0.39, 0.29) is 0 Å². The monoisotopic (exact) mass is 190 g/mol. The lowest BCUT2D eigenvalue weighted by atomic mass is 10.4. The molecule has 0 spiro atoms. The average molecular weight is 191 g/mol. The molecular formula is C3H2ClF3N2S. The highest BCUT2D eigenvalue weighted by molar-refractivity contribution is 7.99. The van der Waals surface area contributed by atoms with Gasteiger partial charge in [-0.25, -0.2) is 0 Å². The molecule has 0 radical (unpaired) electrons. The molecule has 58 valence electrons. The molecule has 0 aromatic rings. The summed E-state index contributed by atoms with van der Waals surface area (Å²) in [5.74, 6) is 0. The van der Waals surface area contributed by atoms with Crippen molar-refractivity contribution in [3.05, 3.63) is 0 Å². The standard InChI is InChI=1S/C3H2ClF3N2S/c4-9-8-1-2(10-9)3(5,6)7/h1-2H. The zero-order chi connectivity index (χ0) is 7.78. The van der Waals surface area contributed by atoms with E-state index in [9.17, 15) is 13.2 Å². The lowest BCUT2D eigenvalue weighted by Crippen LogP contribution is -2.25. The molecule has 7 heteroatoms. The summed E-state index contributed by atoms with van der Waals surface area (Å²) in [5.41, 5.74) is 0. The van der Waals surface area contributed by atoms with Crippen LogP contribution in [0.5, 0.6) is 0 Å². The minimum Gasteiger partial charge on any atom is -0.169 e. The smallest absolute Gasteiger partial charge is 0.169 e. The Morgan fingerprint density at radius 2 is 2.20 bits per heavy atom. The largest absolute Gasteiger partial charge is 0.407 e. The van der Waals surface area contributed by atoms with Crippen LogP contribution in [0.25, 0.3) is 0 Å². The maximum atomic E-state index is 11.7. The summed E-state index contributed by atoms with van der Waals surface area (Å²) in [6, 6.07) is 0. The summed E-state index contributed by atoms with van der Waals surface area (Å²) < 4.78 is 35.9. The fraction of sp³-hybridized carbons (Fsp3) is 0.667. The van der Waals surface area contributed by atoms with Gasteiger partial charge in [0.15, 0.2) is 5.25 Å². The Bertz CT molecular complexity index is 158. The summed E-state index contributed by atoms with van der Waals surface area (Å²) in [6.07, 6.45) is -3.49. The molecule has 0 saturated heterocycles. The summed E-state index contributed by atoms with van der Waals surface area (Å²) >= 11 is 5.54. The van der Waals surface area contributed by atoms with Crippen molar-refractivity contribution >= 4 is 29.9 Å². The van der Waals surface area contributed by atoms with Crippen molar-refractivity contribution in [1.82, 2.24) is 3.93 Å². The zero-order valence-electron chi connectivity index (χ0n) is 4.47. The second kappa shape index (κ2) is 2.50. The quantitative estimate of drug-likeness (QED) is 0.429. The van der Waals surface area contributed by atoms with Gasteiger partial charge in [0, 0.05) is 23.7 Å². The van der Waals surface area contributed by atoms with Crippen LogP contribution in [0.3, 0.4) is 0 Å². The van der Waals surface area contributed by atoms with Crippen molar-refractivity contribution in [2.75, 3.05) is 0 Å². The van der Waals surface area contributed by atoms with Crippen LogP contribution >= 0.6 is 23.7 Å². The van der Waals surface area contributed by atoms with Crippen LogP contribution in [-0.2, 0) is 0 Å². The molecule has 10 heavy (non-hydrogen) atoms. The van der Waals surface area contributed by atoms with Crippen molar-refractivity contribution in [1.29, 1.82) is 0 Å². The van der Waals surface area contributed by atoms with E-state index >= 15 is 0 Å². The highest BCUT2D eigenvalue weighted by Gasteiger charge is 2.43. The van der Waals surface area contributed by atoms with E-state index in [2.05, 4.69) is 5.10 Å². The van der Waals surface area contributed by atoms with E-state index in [1.807, 2.05) is 0 Å². The van der Waals surface area contributed by atoms with Gasteiger partial charge in [-0.3, -0.25) is 0 Å². The van der Waals surface area contributed by atoms with Crippen LogP contribution in [0.2, 0.25) is 0 Å². The van der Waals surface area contributed by atoms with E-state index in [4.69, 9.17) is 11.8 Å². The number of hydrogen-bond donors (Lipinski definition) is 0. The van der Waals surface area contributed by atoms with Gasteiger partial charge in [0.05, 0.1) is 6.21 Å². The molecule has 0 N–H and O–H groups in total. The van der Waals surface area contributed by atoms with Crippen molar-refractivity contribution in [2.45, 2.75) is 11.4 Å². The second-order valence-electron chi connectivity index (χ2n) is 1.56. The molecule has 1 atom stereocenters. The highest BCUT2D eigenvalue weighted by Crippen LogP contribution is 2.35. The van der Waals surface area contributed by atoms with E-state index in [0.29, 0.717) is 15.9 Å². The van der Waals surface area contributed by atoms with E-state index in [1.165, 1.54) is 0 Å². The molecule has 0 bridgehead atoms. The first kappa shape index (κ1) is 8.00. The summed E-state index contributed by atoms with van der Waals surface area (Å²) in [4.78, 5) is 0. The van der Waals surface area contributed by atoms with E-state index < -0.39 is 11.4 Å². The maximum absolute atomic E-state index is 11.7. The molecule has 2 nitrogen and oxygen atoms in total. The van der Waals surface area contributed by atoms with Crippen molar-refractivity contribution in [3.63, 3.8) is 0 Å². The number of nitrogens with zero attached hydrogens (tertiary/aromatic N) is 2. The highest BCUT2D eigenvalue weighted by atomic mass is 35.5. The van der Waals surface area contributed by atoms with Crippen LogP contribution in [0.4, 0.5) is 13.2 Å². The SMILES string of the molecule is FC(F)(F)C1C=NN(Cl)S1. The van der Waals surface area contributed by atoms with Crippen LogP contribution < -0.4 is 0 Å². The molecule has 1 aliphatic heterocycles. The van der Waals surface area contributed by atoms with Gasteiger partial charge in [0.2, 0.25) is 0 Å². The Morgan fingerprint density at radius 3 is 2.40 bits per heavy atom. The topological polar surface area (TPSA) is 15.6 Å². The van der Waals surface area contributed by atoms with Crippen LogP contribution in [0, 0.1) is 0 Å². The number of rotatable bonds is 0. The number of hydrogen-bond acceptors (Lipinski definition) is 3. The first-order chi connectivity index (χ1) is 4.50. The molecule has 0 amide bonds. The molecular weight excluding hydrogens is 189 g/mol. The third-order valence-corrected chi connectivity index (χ3v) is 2.03. The average Bonchev–Trinajstić information content (AvgIpc) is 2.11. The minimum absolute atomic E-state index is 0.424. The molecule has 1 aliphatic rings. The Morgan fingerprint density at radius 1 is 1.60 bits per heavy atom. The first-order valence-corrected chi connectivity index (χ1v) is 3.41. The van der Waals surface area contributed by atoms with E-state index in [0.717, 1.165) is 6.21 Å². The van der Waals surface area contributed by atoms with Gasteiger partial charge < -0.3 is 0 Å². The fourth-order valence-corrected chi connectivity index (χ4v) is 1.24. The predicted octanol–water partition coefficient (Wildman–Crippen LogP) is 2.02. The van der Waals surface area contributed by atoms with Crippen molar-refractivity contribution in [2.24, 2.45) is 5.10 Å². The Labute approximate surface area is 64.3 Å². The van der Waals surface area contributed by atoms with Gasteiger partial charge in [-0.1, -0.05) is 0 Å². The van der Waals surface area contributed by atoms with Crippen molar-refractivity contribution < 1.29 is 13.2 Å². The lowest BCUT2D eigenvalue weighted by Gasteiger charge is -2.09. The second-order valence-corrected chi connectivity index (χ2v) is 3.14. The molecule has 0 saturated carbocycles. The van der Waals surface area contributed by atoms with Gasteiger partial charge in [-0.15, -0.1) is 3.93 Å². The Balaban J connectivity index is 2.55. The summed E-state index contributed by atoms with van der Waals surface area (Å²) in [7, 11) is 0. The maximum Gasteiger partial charge on any atom is 0.407 e. The molecule has 1 unspecified atom stereocenters. The summed E-state index contributed by atoms with van der Waals surface area (Å²) in [6.45, 7) is 0. The molecule has 0 aromatic carbocycles. The molecule has 0 fully saturated rings. The molecule has 1 rings (SSSR count). The van der Waals surface area contributed by atoms with Crippen LogP contribution in [0.15, 0.2) is 5.10 Å². The summed E-state index contributed by atoms with van der Waals surface area (Å²) in [5, 5.41) is 1.61. The molecule has 1 heterocycles. The van der Waals surface area contributed by atoms with Gasteiger partial charge in [0.1, 0.15) is 0 Å². The minimum atomic E-state index is -4.25. The number of alkyl halides is 3. The van der Waals surface area contributed by atoms with E-state index in [1.54, 1.807) is 0 Å². The van der Waals surface area contributed by atoms with Crippen LogP contribution in [0.1, 0.15) is 0 Å². The predicted molar refractivity (Wildman–Crippen MR) is 33.6 cm³/mol. The zero-order valence-corrected chi connectivity index (χ0v) is 6.04.